The molecular formula is C19H20O. The summed E-state index contributed by atoms with van der Waals surface area (Å²) in [5.41, 5.74) is 3.81. The summed E-state index contributed by atoms with van der Waals surface area (Å²) in [4.78, 5) is 0. The molecule has 1 aliphatic rings. The van der Waals surface area contributed by atoms with Crippen molar-refractivity contribution in [2.24, 2.45) is 0 Å². The second-order valence-corrected chi connectivity index (χ2v) is 5.23. The van der Waals surface area contributed by atoms with E-state index in [-0.39, 0.29) is 6.10 Å². The summed E-state index contributed by atoms with van der Waals surface area (Å²) in [6.45, 7) is 0.879. The molecule has 1 heteroatoms. The lowest BCUT2D eigenvalue weighted by Crippen LogP contribution is -2.20. The van der Waals surface area contributed by atoms with Crippen molar-refractivity contribution in [1.29, 1.82) is 0 Å². The predicted molar refractivity (Wildman–Crippen MR) is 84.3 cm³/mol. The Hall–Kier alpha value is -1.86. The molecule has 102 valence electrons. The van der Waals surface area contributed by atoms with Crippen molar-refractivity contribution in [3.8, 4) is 0 Å². The van der Waals surface area contributed by atoms with Crippen LogP contribution in [0.1, 0.15) is 30.4 Å². The molecule has 0 radical (unpaired) electrons. The Morgan fingerprint density at radius 3 is 2.25 bits per heavy atom. The molecule has 1 atom stereocenters. The predicted octanol–water partition coefficient (Wildman–Crippen LogP) is 4.80. The molecule has 0 N–H and O–H groups in total. The highest BCUT2D eigenvalue weighted by Gasteiger charge is 2.19. The number of ether oxygens (including phenoxy) is 1. The largest absolute Gasteiger partial charge is 0.374 e. The van der Waals surface area contributed by atoms with Gasteiger partial charge in [0.05, 0.1) is 6.10 Å². The minimum atomic E-state index is 0.228. The normalized spacial score (nSPS) is 19.8. The third-order valence-electron chi connectivity index (χ3n) is 3.76. The topological polar surface area (TPSA) is 9.23 Å². The smallest absolute Gasteiger partial charge is 0.0830 e. The molecule has 1 aliphatic heterocycles. The Balaban J connectivity index is 1.97. The van der Waals surface area contributed by atoms with Crippen LogP contribution < -0.4 is 0 Å². The van der Waals surface area contributed by atoms with Crippen LogP contribution in [0.15, 0.2) is 60.7 Å². The minimum absolute atomic E-state index is 0.228. The average Bonchev–Trinajstić information content (AvgIpc) is 2.55. The molecule has 0 bridgehead atoms. The van der Waals surface area contributed by atoms with E-state index in [4.69, 9.17) is 4.74 Å². The minimum Gasteiger partial charge on any atom is -0.374 e. The lowest BCUT2D eigenvalue weighted by atomic mass is 9.93. The van der Waals surface area contributed by atoms with E-state index < -0.39 is 0 Å². The molecule has 20 heavy (non-hydrogen) atoms. The van der Waals surface area contributed by atoms with Gasteiger partial charge in [-0.25, -0.2) is 0 Å². The van der Waals surface area contributed by atoms with Crippen LogP contribution in [-0.2, 0) is 4.74 Å². The van der Waals surface area contributed by atoms with Crippen LogP contribution in [-0.4, -0.2) is 12.7 Å². The second-order valence-electron chi connectivity index (χ2n) is 5.23. The standard InChI is InChI=1S/C19H20O/c1-3-9-16(10-4-1)15-18(17-11-5-2-6-12-17)19-13-7-8-14-20-19/h1-6,9-12,15,19H,7-8,13-14H2. The van der Waals surface area contributed by atoms with Crippen LogP contribution in [0.4, 0.5) is 0 Å². The van der Waals surface area contributed by atoms with Gasteiger partial charge in [0.1, 0.15) is 0 Å². The summed E-state index contributed by atoms with van der Waals surface area (Å²) in [6.07, 6.45) is 6.05. The maximum absolute atomic E-state index is 6.00. The van der Waals surface area contributed by atoms with Gasteiger partial charge in [0.15, 0.2) is 0 Å². The van der Waals surface area contributed by atoms with E-state index in [0.717, 1.165) is 13.0 Å². The summed E-state index contributed by atoms with van der Waals surface area (Å²) in [5, 5.41) is 0. The first kappa shape index (κ1) is 13.1. The molecule has 1 saturated heterocycles. The number of benzene rings is 2. The molecule has 1 fully saturated rings. The molecule has 0 aliphatic carbocycles. The fourth-order valence-corrected chi connectivity index (χ4v) is 2.71. The van der Waals surface area contributed by atoms with Crippen LogP contribution in [0.5, 0.6) is 0 Å². The van der Waals surface area contributed by atoms with E-state index in [0.29, 0.717) is 0 Å². The van der Waals surface area contributed by atoms with E-state index in [1.807, 2.05) is 0 Å². The molecule has 0 spiro atoms. The Labute approximate surface area is 120 Å². The molecule has 0 saturated carbocycles. The van der Waals surface area contributed by atoms with E-state index in [1.165, 1.54) is 29.5 Å². The van der Waals surface area contributed by atoms with Gasteiger partial charge in [-0.2, -0.15) is 0 Å². The Morgan fingerprint density at radius 1 is 0.900 bits per heavy atom. The van der Waals surface area contributed by atoms with Crippen molar-refractivity contribution >= 4 is 11.6 Å². The van der Waals surface area contributed by atoms with Gasteiger partial charge in [0.2, 0.25) is 0 Å². The SMILES string of the molecule is C(=C(c1ccccc1)C1CCCCO1)c1ccccc1. The zero-order valence-corrected chi connectivity index (χ0v) is 11.7. The lowest BCUT2D eigenvalue weighted by molar-refractivity contribution is 0.0532. The zero-order valence-electron chi connectivity index (χ0n) is 11.7. The fourth-order valence-electron chi connectivity index (χ4n) is 2.71. The quantitative estimate of drug-likeness (QED) is 0.724. The summed E-state index contributed by atoms with van der Waals surface area (Å²) in [6, 6.07) is 21.1. The summed E-state index contributed by atoms with van der Waals surface area (Å²) in [5.74, 6) is 0. The summed E-state index contributed by atoms with van der Waals surface area (Å²) in [7, 11) is 0. The van der Waals surface area contributed by atoms with Crippen molar-refractivity contribution in [1.82, 2.24) is 0 Å². The van der Waals surface area contributed by atoms with Gasteiger partial charge in [-0.15, -0.1) is 0 Å². The first-order chi connectivity index (χ1) is 9.93. The highest BCUT2D eigenvalue weighted by atomic mass is 16.5. The average molecular weight is 264 g/mol. The molecule has 2 aromatic rings. The van der Waals surface area contributed by atoms with Gasteiger partial charge < -0.3 is 4.74 Å². The Morgan fingerprint density at radius 2 is 1.60 bits per heavy atom. The molecule has 0 aromatic heterocycles. The number of hydrogen-bond acceptors (Lipinski definition) is 1. The molecular weight excluding hydrogens is 244 g/mol. The maximum atomic E-state index is 6.00. The molecule has 1 heterocycles. The van der Waals surface area contributed by atoms with Crippen molar-refractivity contribution < 1.29 is 4.74 Å². The molecule has 0 amide bonds. The monoisotopic (exact) mass is 264 g/mol. The zero-order chi connectivity index (χ0) is 13.6. The van der Waals surface area contributed by atoms with Crippen molar-refractivity contribution in [3.63, 3.8) is 0 Å². The fraction of sp³-hybridized carbons (Fsp3) is 0.263. The van der Waals surface area contributed by atoms with Crippen LogP contribution in [0.3, 0.4) is 0 Å². The molecule has 1 nitrogen and oxygen atoms in total. The van der Waals surface area contributed by atoms with Crippen LogP contribution in [0, 0.1) is 0 Å². The lowest BCUT2D eigenvalue weighted by Gasteiger charge is -2.25. The Bertz CT molecular complexity index is 551. The van der Waals surface area contributed by atoms with Crippen LogP contribution in [0.2, 0.25) is 0 Å². The number of rotatable bonds is 3. The van der Waals surface area contributed by atoms with Gasteiger partial charge >= 0.3 is 0 Å². The van der Waals surface area contributed by atoms with E-state index in [9.17, 15) is 0 Å². The van der Waals surface area contributed by atoms with Gasteiger partial charge in [-0.1, -0.05) is 60.7 Å². The van der Waals surface area contributed by atoms with E-state index in [2.05, 4.69) is 66.7 Å². The second kappa shape index (κ2) is 6.53. The van der Waals surface area contributed by atoms with Crippen LogP contribution in [0.25, 0.3) is 11.6 Å². The third-order valence-corrected chi connectivity index (χ3v) is 3.76. The summed E-state index contributed by atoms with van der Waals surface area (Å²) >= 11 is 0. The van der Waals surface area contributed by atoms with E-state index in [1.54, 1.807) is 0 Å². The first-order valence-corrected chi connectivity index (χ1v) is 7.37. The Kier molecular flexibility index (Phi) is 4.29. The van der Waals surface area contributed by atoms with Gasteiger partial charge in [0, 0.05) is 6.61 Å². The first-order valence-electron chi connectivity index (χ1n) is 7.37. The highest BCUT2D eigenvalue weighted by molar-refractivity contribution is 5.83. The van der Waals surface area contributed by atoms with E-state index >= 15 is 0 Å². The summed E-state index contributed by atoms with van der Waals surface area (Å²) < 4.78 is 6.00. The van der Waals surface area contributed by atoms with Gasteiger partial charge in [-0.3, -0.25) is 0 Å². The molecule has 3 rings (SSSR count). The third kappa shape index (κ3) is 3.17. The molecule has 1 unspecified atom stereocenters. The van der Waals surface area contributed by atoms with Crippen molar-refractivity contribution in [2.45, 2.75) is 25.4 Å². The van der Waals surface area contributed by atoms with Gasteiger partial charge in [0.25, 0.3) is 0 Å². The van der Waals surface area contributed by atoms with Crippen molar-refractivity contribution in [3.05, 3.63) is 71.8 Å². The maximum Gasteiger partial charge on any atom is 0.0830 e. The van der Waals surface area contributed by atoms with Crippen LogP contribution >= 0.6 is 0 Å². The molecule has 2 aromatic carbocycles. The highest BCUT2D eigenvalue weighted by Crippen LogP contribution is 2.29. The van der Waals surface area contributed by atoms with Crippen molar-refractivity contribution in [2.75, 3.05) is 6.61 Å². The van der Waals surface area contributed by atoms with Gasteiger partial charge in [-0.05, 0) is 42.0 Å². The number of hydrogen-bond donors (Lipinski definition) is 0.